The van der Waals surface area contributed by atoms with Crippen molar-refractivity contribution < 1.29 is 14.3 Å². The topological polar surface area (TPSA) is 76.2 Å². The van der Waals surface area contributed by atoms with Gasteiger partial charge in [-0.15, -0.1) is 0 Å². The van der Waals surface area contributed by atoms with Gasteiger partial charge in [0.15, 0.2) is 17.3 Å². The number of aromatic amines is 1. The number of amides is 1. The van der Waals surface area contributed by atoms with Gasteiger partial charge in [-0.3, -0.25) is 9.89 Å². The number of fused-ring (bicyclic) bond motifs is 1. The molecule has 0 bridgehead atoms. The van der Waals surface area contributed by atoms with Gasteiger partial charge in [-0.2, -0.15) is 5.10 Å². The number of nitrogens with one attached hydrogen (secondary N) is 2. The Morgan fingerprint density at radius 1 is 1.04 bits per heavy atom. The SMILES string of the molecule is COc1ccc(-c2cc(NC(=O)C3Cc4ccccc4C3)n[nH]2)cc1OC. The van der Waals surface area contributed by atoms with Crippen LogP contribution in [0.15, 0.2) is 48.5 Å². The van der Waals surface area contributed by atoms with Crippen LogP contribution in [-0.2, 0) is 17.6 Å². The van der Waals surface area contributed by atoms with Gasteiger partial charge in [-0.05, 0) is 42.2 Å². The third-order valence-electron chi connectivity index (χ3n) is 4.95. The van der Waals surface area contributed by atoms with E-state index in [9.17, 15) is 4.79 Å². The fourth-order valence-corrected chi connectivity index (χ4v) is 3.51. The van der Waals surface area contributed by atoms with E-state index >= 15 is 0 Å². The Kier molecular flexibility index (Phi) is 4.54. The third-order valence-corrected chi connectivity index (χ3v) is 4.95. The summed E-state index contributed by atoms with van der Waals surface area (Å²) >= 11 is 0. The highest BCUT2D eigenvalue weighted by Gasteiger charge is 2.27. The molecule has 0 saturated heterocycles. The molecule has 0 spiro atoms. The molecule has 3 aromatic rings. The van der Waals surface area contributed by atoms with Gasteiger partial charge in [0, 0.05) is 17.5 Å². The van der Waals surface area contributed by atoms with Crippen molar-refractivity contribution in [1.29, 1.82) is 0 Å². The normalized spacial score (nSPS) is 13.3. The average Bonchev–Trinajstić information content (AvgIpc) is 3.34. The number of methoxy groups -OCH3 is 2. The van der Waals surface area contributed by atoms with Crippen LogP contribution in [0.25, 0.3) is 11.3 Å². The lowest BCUT2D eigenvalue weighted by molar-refractivity contribution is -0.119. The molecule has 0 radical (unpaired) electrons. The Morgan fingerprint density at radius 2 is 1.74 bits per heavy atom. The largest absolute Gasteiger partial charge is 0.493 e. The van der Waals surface area contributed by atoms with Gasteiger partial charge in [0.05, 0.1) is 19.9 Å². The summed E-state index contributed by atoms with van der Waals surface area (Å²) < 4.78 is 10.6. The molecule has 6 nitrogen and oxygen atoms in total. The number of rotatable bonds is 5. The van der Waals surface area contributed by atoms with Crippen LogP contribution in [0.1, 0.15) is 11.1 Å². The molecular formula is C21H21N3O3. The van der Waals surface area contributed by atoms with Crippen molar-refractivity contribution in [1.82, 2.24) is 10.2 Å². The van der Waals surface area contributed by atoms with Crippen LogP contribution in [0.3, 0.4) is 0 Å². The molecule has 0 fully saturated rings. The standard InChI is InChI=1S/C21H21N3O3/c1-26-18-8-7-15(11-19(18)27-2)17-12-20(24-23-17)22-21(25)16-9-13-5-3-4-6-14(13)10-16/h3-8,11-12,16H,9-10H2,1-2H3,(H2,22,23,24,25). The molecule has 1 aliphatic rings. The van der Waals surface area contributed by atoms with E-state index in [1.807, 2.05) is 36.4 Å². The Morgan fingerprint density at radius 3 is 2.41 bits per heavy atom. The van der Waals surface area contributed by atoms with E-state index < -0.39 is 0 Å². The van der Waals surface area contributed by atoms with E-state index in [2.05, 4.69) is 27.6 Å². The molecule has 2 aromatic carbocycles. The van der Waals surface area contributed by atoms with E-state index in [0.29, 0.717) is 17.3 Å². The fraction of sp³-hybridized carbons (Fsp3) is 0.238. The predicted octanol–water partition coefficient (Wildman–Crippen LogP) is 3.45. The molecule has 1 heterocycles. The van der Waals surface area contributed by atoms with Crippen LogP contribution in [0.5, 0.6) is 11.5 Å². The molecule has 138 valence electrons. The summed E-state index contributed by atoms with van der Waals surface area (Å²) in [4.78, 5) is 12.6. The minimum atomic E-state index is -0.0522. The van der Waals surface area contributed by atoms with Crippen molar-refractivity contribution in [2.75, 3.05) is 19.5 Å². The molecule has 0 atom stereocenters. The van der Waals surface area contributed by atoms with Crippen molar-refractivity contribution in [3.05, 3.63) is 59.7 Å². The number of hydrogen-bond acceptors (Lipinski definition) is 4. The molecule has 4 rings (SSSR count). The molecule has 1 aliphatic carbocycles. The molecule has 2 N–H and O–H groups in total. The molecule has 1 amide bonds. The van der Waals surface area contributed by atoms with Crippen LogP contribution in [0.4, 0.5) is 5.82 Å². The summed E-state index contributed by atoms with van der Waals surface area (Å²) in [6, 6.07) is 15.6. The Bertz CT molecular complexity index is 955. The van der Waals surface area contributed by atoms with Crippen molar-refractivity contribution in [2.45, 2.75) is 12.8 Å². The number of aromatic nitrogens is 2. The van der Waals surface area contributed by atoms with Crippen LogP contribution >= 0.6 is 0 Å². The van der Waals surface area contributed by atoms with E-state index in [-0.39, 0.29) is 11.8 Å². The molecular weight excluding hydrogens is 342 g/mol. The molecule has 1 aromatic heterocycles. The molecule has 0 saturated carbocycles. The van der Waals surface area contributed by atoms with Crippen LogP contribution in [0, 0.1) is 5.92 Å². The number of anilines is 1. The van der Waals surface area contributed by atoms with Gasteiger partial charge < -0.3 is 14.8 Å². The monoisotopic (exact) mass is 363 g/mol. The first-order valence-corrected chi connectivity index (χ1v) is 8.83. The molecule has 27 heavy (non-hydrogen) atoms. The zero-order valence-corrected chi connectivity index (χ0v) is 15.3. The second-order valence-electron chi connectivity index (χ2n) is 6.60. The zero-order chi connectivity index (χ0) is 18.8. The van der Waals surface area contributed by atoms with Crippen molar-refractivity contribution in [3.8, 4) is 22.8 Å². The maximum absolute atomic E-state index is 12.6. The van der Waals surface area contributed by atoms with Gasteiger partial charge in [0.2, 0.25) is 5.91 Å². The lowest BCUT2D eigenvalue weighted by Gasteiger charge is -2.08. The second-order valence-corrected chi connectivity index (χ2v) is 6.60. The first-order chi connectivity index (χ1) is 13.2. The summed E-state index contributed by atoms with van der Waals surface area (Å²) in [5.74, 6) is 1.76. The molecule has 0 unspecified atom stereocenters. The van der Waals surface area contributed by atoms with Crippen molar-refractivity contribution in [3.63, 3.8) is 0 Å². The molecule has 6 heteroatoms. The Labute approximate surface area is 157 Å². The van der Waals surface area contributed by atoms with Gasteiger partial charge in [-0.25, -0.2) is 0 Å². The quantitative estimate of drug-likeness (QED) is 0.728. The minimum absolute atomic E-state index is 0.00318. The summed E-state index contributed by atoms with van der Waals surface area (Å²) in [6.45, 7) is 0. The second kappa shape index (κ2) is 7.15. The van der Waals surface area contributed by atoms with Gasteiger partial charge in [0.25, 0.3) is 0 Å². The van der Waals surface area contributed by atoms with Crippen LogP contribution in [-0.4, -0.2) is 30.3 Å². The predicted molar refractivity (Wildman–Crippen MR) is 103 cm³/mol. The third kappa shape index (κ3) is 3.38. The molecule has 0 aliphatic heterocycles. The van der Waals surface area contributed by atoms with E-state index in [1.165, 1.54) is 11.1 Å². The lowest BCUT2D eigenvalue weighted by Crippen LogP contribution is -2.23. The summed E-state index contributed by atoms with van der Waals surface area (Å²) in [5, 5.41) is 10.1. The summed E-state index contributed by atoms with van der Waals surface area (Å²) in [5.41, 5.74) is 4.20. The maximum Gasteiger partial charge on any atom is 0.229 e. The first-order valence-electron chi connectivity index (χ1n) is 8.83. The van der Waals surface area contributed by atoms with Crippen LogP contribution in [0.2, 0.25) is 0 Å². The van der Waals surface area contributed by atoms with Crippen molar-refractivity contribution >= 4 is 11.7 Å². The van der Waals surface area contributed by atoms with Gasteiger partial charge >= 0.3 is 0 Å². The number of H-pyrrole nitrogens is 1. The number of carbonyl (C=O) groups excluding carboxylic acids is 1. The summed E-state index contributed by atoms with van der Waals surface area (Å²) in [7, 11) is 3.20. The Balaban J connectivity index is 1.46. The van der Waals surface area contributed by atoms with Gasteiger partial charge in [0.1, 0.15) is 0 Å². The van der Waals surface area contributed by atoms with E-state index in [1.54, 1.807) is 14.2 Å². The summed E-state index contributed by atoms with van der Waals surface area (Å²) in [6.07, 6.45) is 1.55. The number of hydrogen-bond donors (Lipinski definition) is 2. The number of benzene rings is 2. The van der Waals surface area contributed by atoms with Crippen molar-refractivity contribution in [2.24, 2.45) is 5.92 Å². The highest BCUT2D eigenvalue weighted by molar-refractivity contribution is 5.93. The smallest absolute Gasteiger partial charge is 0.229 e. The first kappa shape index (κ1) is 17.1. The number of carbonyl (C=O) groups is 1. The van der Waals surface area contributed by atoms with E-state index in [0.717, 1.165) is 24.1 Å². The number of nitrogens with zero attached hydrogens (tertiary/aromatic N) is 1. The lowest BCUT2D eigenvalue weighted by atomic mass is 10.1. The maximum atomic E-state index is 12.6. The van der Waals surface area contributed by atoms with Crippen LogP contribution < -0.4 is 14.8 Å². The highest BCUT2D eigenvalue weighted by Crippen LogP contribution is 2.32. The minimum Gasteiger partial charge on any atom is -0.493 e. The van der Waals surface area contributed by atoms with Gasteiger partial charge in [-0.1, -0.05) is 24.3 Å². The Hall–Kier alpha value is -3.28. The number of ether oxygens (including phenoxy) is 2. The average molecular weight is 363 g/mol. The highest BCUT2D eigenvalue weighted by atomic mass is 16.5. The van der Waals surface area contributed by atoms with E-state index in [4.69, 9.17) is 9.47 Å². The zero-order valence-electron chi connectivity index (χ0n) is 15.3. The fourth-order valence-electron chi connectivity index (χ4n) is 3.51.